The van der Waals surface area contributed by atoms with Gasteiger partial charge in [-0.15, -0.1) is 0 Å². The Balaban J connectivity index is 1.91. The fourth-order valence-corrected chi connectivity index (χ4v) is 5.59. The van der Waals surface area contributed by atoms with Crippen LogP contribution in [-0.2, 0) is 10.0 Å². The van der Waals surface area contributed by atoms with Gasteiger partial charge in [-0.2, -0.15) is 4.31 Å². The van der Waals surface area contributed by atoms with Gasteiger partial charge in [0.15, 0.2) is 0 Å². The van der Waals surface area contributed by atoms with Crippen molar-refractivity contribution in [3.8, 4) is 0 Å². The third kappa shape index (κ3) is 3.84. The molecule has 0 radical (unpaired) electrons. The molecule has 0 amide bonds. The average Bonchev–Trinajstić information content (AvgIpc) is 2.62. The molecular weight excluding hydrogens is 418 g/mol. The van der Waals surface area contributed by atoms with Gasteiger partial charge < -0.3 is 10.6 Å². The number of nitrogens with zero attached hydrogens (tertiary/aromatic N) is 4. The molecule has 1 atom stereocenters. The van der Waals surface area contributed by atoms with Crippen LogP contribution in [0.1, 0.15) is 24.5 Å². The number of hydrogen-bond acceptors (Lipinski definition) is 6. The molecule has 2 heterocycles. The Morgan fingerprint density at radius 2 is 2.08 bits per heavy atom. The minimum Gasteiger partial charge on any atom is -0.378 e. The lowest BCUT2D eigenvalue weighted by atomic mass is 9.96. The maximum atomic E-state index is 13.2. The van der Waals surface area contributed by atoms with Crippen LogP contribution in [0.15, 0.2) is 39.8 Å². The monoisotopic (exact) mass is 439 g/mol. The van der Waals surface area contributed by atoms with Gasteiger partial charge in [0.2, 0.25) is 16.0 Å². The molecule has 0 unspecified atom stereocenters. The number of aromatic nitrogens is 2. The predicted octanol–water partition coefficient (Wildman–Crippen LogP) is 2.46. The van der Waals surface area contributed by atoms with Crippen LogP contribution >= 0.6 is 15.9 Å². The molecule has 0 spiro atoms. The molecule has 1 saturated heterocycles. The summed E-state index contributed by atoms with van der Waals surface area (Å²) in [4.78, 5) is 10.3. The van der Waals surface area contributed by atoms with Gasteiger partial charge in [-0.05, 0) is 53.0 Å². The highest BCUT2D eigenvalue weighted by Crippen LogP contribution is 2.33. The second kappa shape index (κ2) is 7.50. The third-order valence-corrected chi connectivity index (χ3v) is 7.41. The molecule has 1 aliphatic rings. The van der Waals surface area contributed by atoms with Gasteiger partial charge in [-0.3, -0.25) is 0 Å². The fourth-order valence-electron chi connectivity index (χ4n) is 3.12. The topological polar surface area (TPSA) is 92.4 Å². The van der Waals surface area contributed by atoms with E-state index in [-0.39, 0.29) is 16.8 Å². The van der Waals surface area contributed by atoms with Crippen LogP contribution < -0.4 is 10.6 Å². The number of benzene rings is 1. The second-order valence-electron chi connectivity index (χ2n) is 6.55. The molecule has 140 valence electrons. The van der Waals surface area contributed by atoms with Crippen molar-refractivity contribution in [1.82, 2.24) is 14.3 Å². The van der Waals surface area contributed by atoms with Crippen LogP contribution in [-0.4, -0.2) is 49.9 Å². The van der Waals surface area contributed by atoms with Crippen LogP contribution in [0.4, 0.5) is 11.6 Å². The summed E-state index contributed by atoms with van der Waals surface area (Å²) in [6.45, 7) is 0.884. The number of rotatable bonds is 4. The van der Waals surface area contributed by atoms with Crippen molar-refractivity contribution in [3.05, 3.63) is 40.6 Å². The van der Waals surface area contributed by atoms with E-state index >= 15 is 0 Å². The zero-order valence-corrected chi connectivity index (χ0v) is 17.2. The van der Waals surface area contributed by atoms with Gasteiger partial charge >= 0.3 is 0 Å². The Kier molecular flexibility index (Phi) is 5.50. The van der Waals surface area contributed by atoms with Crippen LogP contribution in [0.25, 0.3) is 0 Å². The van der Waals surface area contributed by atoms with Crippen LogP contribution in [0, 0.1) is 0 Å². The minimum absolute atomic E-state index is 0.0135. The van der Waals surface area contributed by atoms with Gasteiger partial charge in [-0.1, -0.05) is 0 Å². The van der Waals surface area contributed by atoms with E-state index in [9.17, 15) is 8.42 Å². The molecule has 1 aromatic carbocycles. The van der Waals surface area contributed by atoms with E-state index in [1.54, 1.807) is 28.7 Å². The smallest absolute Gasteiger partial charge is 0.244 e. The summed E-state index contributed by atoms with van der Waals surface area (Å²) in [5, 5.41) is 0. The minimum atomic E-state index is -3.61. The van der Waals surface area contributed by atoms with Gasteiger partial charge in [0.25, 0.3) is 0 Å². The lowest BCUT2D eigenvalue weighted by molar-refractivity contribution is 0.312. The highest BCUT2D eigenvalue weighted by molar-refractivity contribution is 9.10. The molecule has 3 rings (SSSR count). The predicted molar refractivity (Wildman–Crippen MR) is 106 cm³/mol. The zero-order chi connectivity index (χ0) is 18.9. The summed E-state index contributed by atoms with van der Waals surface area (Å²) in [6.07, 6.45) is 3.27. The normalized spacial score (nSPS) is 18.7. The van der Waals surface area contributed by atoms with Crippen molar-refractivity contribution in [2.45, 2.75) is 23.7 Å². The van der Waals surface area contributed by atoms with Crippen LogP contribution in [0.3, 0.4) is 0 Å². The number of hydrogen-bond donors (Lipinski definition) is 1. The van der Waals surface area contributed by atoms with E-state index in [0.717, 1.165) is 24.2 Å². The average molecular weight is 440 g/mol. The summed E-state index contributed by atoms with van der Waals surface area (Å²) in [6, 6.07) is 7.16. The highest BCUT2D eigenvalue weighted by atomic mass is 79.9. The molecular formula is C17H22BrN5O2S. The first-order valence-electron chi connectivity index (χ1n) is 8.34. The van der Waals surface area contributed by atoms with Crippen LogP contribution in [0.2, 0.25) is 0 Å². The lowest BCUT2D eigenvalue weighted by Crippen LogP contribution is -2.39. The van der Waals surface area contributed by atoms with E-state index in [2.05, 4.69) is 25.9 Å². The summed E-state index contributed by atoms with van der Waals surface area (Å²) >= 11 is 3.39. The van der Waals surface area contributed by atoms with Crippen molar-refractivity contribution >= 4 is 37.6 Å². The molecule has 1 fully saturated rings. The number of nitrogens with two attached hydrogens (primary N) is 1. The summed E-state index contributed by atoms with van der Waals surface area (Å²) in [5.74, 6) is 0.226. The summed E-state index contributed by atoms with van der Waals surface area (Å²) < 4.78 is 28.6. The van der Waals surface area contributed by atoms with Crippen molar-refractivity contribution < 1.29 is 8.42 Å². The van der Waals surface area contributed by atoms with Gasteiger partial charge in [0.1, 0.15) is 0 Å². The third-order valence-electron chi connectivity index (χ3n) is 4.55. The maximum absolute atomic E-state index is 13.2. The van der Waals surface area contributed by atoms with Crippen LogP contribution in [0.5, 0.6) is 0 Å². The van der Waals surface area contributed by atoms with E-state index in [0.29, 0.717) is 17.6 Å². The molecule has 0 saturated carbocycles. The number of piperidine rings is 1. The SMILES string of the molecule is CN(C)c1ccc(Br)c(S(=O)(=O)N2CCC[C@@H](c3ccnc(N)n3)C2)c1. The van der Waals surface area contributed by atoms with Crippen molar-refractivity contribution in [2.75, 3.05) is 37.8 Å². The maximum Gasteiger partial charge on any atom is 0.244 e. The molecule has 2 N–H and O–H groups in total. The van der Waals surface area contributed by atoms with Crippen molar-refractivity contribution in [3.63, 3.8) is 0 Å². The quantitative estimate of drug-likeness (QED) is 0.786. The number of nitrogen functional groups attached to an aromatic ring is 1. The molecule has 2 aromatic rings. The molecule has 1 aromatic heterocycles. The summed E-state index contributed by atoms with van der Waals surface area (Å²) in [7, 11) is 0.155. The van der Waals surface area contributed by atoms with E-state index in [1.807, 2.05) is 25.1 Å². The Morgan fingerprint density at radius 1 is 1.31 bits per heavy atom. The lowest BCUT2D eigenvalue weighted by Gasteiger charge is -2.32. The Labute approximate surface area is 162 Å². The first-order valence-corrected chi connectivity index (χ1v) is 10.6. The molecule has 7 nitrogen and oxygen atoms in total. The Hall–Kier alpha value is -1.71. The Bertz CT molecular complexity index is 904. The zero-order valence-electron chi connectivity index (χ0n) is 14.8. The number of sulfonamides is 1. The number of anilines is 2. The van der Waals surface area contributed by atoms with E-state index < -0.39 is 10.0 Å². The van der Waals surface area contributed by atoms with Crippen molar-refractivity contribution in [1.29, 1.82) is 0 Å². The number of halogens is 1. The molecule has 0 aliphatic carbocycles. The largest absolute Gasteiger partial charge is 0.378 e. The van der Waals surface area contributed by atoms with E-state index in [1.165, 1.54) is 0 Å². The molecule has 0 bridgehead atoms. The van der Waals surface area contributed by atoms with Gasteiger partial charge in [-0.25, -0.2) is 18.4 Å². The molecule has 1 aliphatic heterocycles. The fraction of sp³-hybridized carbons (Fsp3) is 0.412. The van der Waals surface area contributed by atoms with Gasteiger partial charge in [0, 0.05) is 49.5 Å². The van der Waals surface area contributed by atoms with Crippen molar-refractivity contribution in [2.24, 2.45) is 0 Å². The van der Waals surface area contributed by atoms with Gasteiger partial charge in [0.05, 0.1) is 10.6 Å². The highest BCUT2D eigenvalue weighted by Gasteiger charge is 2.33. The standard InChI is InChI=1S/C17H22BrN5O2S/c1-22(2)13-5-6-14(18)16(10-13)26(24,25)23-9-3-4-12(11-23)15-7-8-20-17(19)21-15/h5-8,10,12H,3-4,9,11H2,1-2H3,(H2,19,20,21)/t12-/m1/s1. The van der Waals surface area contributed by atoms with E-state index in [4.69, 9.17) is 5.73 Å². The Morgan fingerprint density at radius 3 is 2.77 bits per heavy atom. The first kappa shape index (κ1) is 19.1. The molecule has 9 heteroatoms. The first-order chi connectivity index (χ1) is 12.3. The molecule has 26 heavy (non-hydrogen) atoms. The second-order valence-corrected chi connectivity index (χ2v) is 9.31. The summed E-state index contributed by atoms with van der Waals surface area (Å²) in [5.41, 5.74) is 7.30.